The Labute approximate surface area is 457 Å². The zero-order chi connectivity index (χ0) is 51.9. The lowest BCUT2D eigenvalue weighted by atomic mass is 10.0. The van der Waals surface area contributed by atoms with Crippen LogP contribution in [0.5, 0.6) is 0 Å². The first-order valence-electron chi connectivity index (χ1n) is 25.9. The number of halogens is 1. The SMILES string of the molecule is Brc1ccc(-c2ccc3c(c2)c2ccccc2n3-c2ccccc2)cc1.Nc1ccc(-c2ccccc2)cc1.c1ccc(-c2ccc(Nc3ccc(-c4ccc5c(c4)c4ccccc4n5-c4ccccc4)cc3)cc2)cc1. The van der Waals surface area contributed by atoms with E-state index in [1.54, 1.807) is 0 Å². The molecule has 0 saturated carbocycles. The largest absolute Gasteiger partial charge is 0.399 e. The van der Waals surface area contributed by atoms with Crippen LogP contribution in [-0.4, -0.2) is 9.13 Å². The van der Waals surface area contributed by atoms with Crippen LogP contribution in [0.1, 0.15) is 0 Å². The minimum atomic E-state index is 0.805. The van der Waals surface area contributed by atoms with Crippen molar-refractivity contribution in [2.45, 2.75) is 0 Å². The van der Waals surface area contributed by atoms with Gasteiger partial charge in [0.1, 0.15) is 0 Å². The highest BCUT2D eigenvalue weighted by Crippen LogP contribution is 2.37. The number of aromatic nitrogens is 2. The van der Waals surface area contributed by atoms with E-state index in [1.807, 2.05) is 48.5 Å². The molecule has 5 heteroatoms. The maximum Gasteiger partial charge on any atom is 0.0541 e. The lowest BCUT2D eigenvalue weighted by molar-refractivity contribution is 1.18. The molecule has 0 unspecified atom stereocenters. The molecule has 0 fully saturated rings. The van der Waals surface area contributed by atoms with Gasteiger partial charge in [0, 0.05) is 54.5 Å². The highest BCUT2D eigenvalue weighted by atomic mass is 79.9. The molecule has 0 atom stereocenters. The van der Waals surface area contributed by atoms with Crippen molar-refractivity contribution in [1.29, 1.82) is 0 Å². The maximum absolute atomic E-state index is 5.60. The van der Waals surface area contributed by atoms with Gasteiger partial charge in [-0.3, -0.25) is 0 Å². The second kappa shape index (κ2) is 22.0. The molecule has 0 aliphatic rings. The molecular formula is C72H53BrN4. The topological polar surface area (TPSA) is 47.9 Å². The number of rotatable bonds is 8. The van der Waals surface area contributed by atoms with Gasteiger partial charge < -0.3 is 20.2 Å². The van der Waals surface area contributed by atoms with Crippen molar-refractivity contribution in [2.75, 3.05) is 11.1 Å². The molecular weight excluding hydrogens is 1000 g/mol. The van der Waals surface area contributed by atoms with Crippen molar-refractivity contribution in [3.8, 4) is 55.9 Å². The number of hydrogen-bond acceptors (Lipinski definition) is 2. The molecule has 77 heavy (non-hydrogen) atoms. The van der Waals surface area contributed by atoms with E-state index < -0.39 is 0 Å². The molecule has 4 nitrogen and oxygen atoms in total. The van der Waals surface area contributed by atoms with Crippen LogP contribution in [0.25, 0.3) is 99.5 Å². The first kappa shape index (κ1) is 48.3. The third-order valence-electron chi connectivity index (χ3n) is 14.1. The molecule has 2 heterocycles. The zero-order valence-corrected chi connectivity index (χ0v) is 43.8. The summed E-state index contributed by atoms with van der Waals surface area (Å²) in [6.45, 7) is 0. The molecule has 0 aliphatic heterocycles. The minimum Gasteiger partial charge on any atom is -0.399 e. The average molecular weight is 1050 g/mol. The van der Waals surface area contributed by atoms with Gasteiger partial charge in [-0.2, -0.15) is 0 Å². The summed E-state index contributed by atoms with van der Waals surface area (Å²) in [5.74, 6) is 0. The van der Waals surface area contributed by atoms with E-state index in [9.17, 15) is 0 Å². The van der Waals surface area contributed by atoms with Crippen LogP contribution in [0.3, 0.4) is 0 Å². The monoisotopic (exact) mass is 1050 g/mol. The van der Waals surface area contributed by atoms with Gasteiger partial charge in [-0.15, -0.1) is 0 Å². The fourth-order valence-electron chi connectivity index (χ4n) is 10.3. The summed E-state index contributed by atoms with van der Waals surface area (Å²) in [5, 5.41) is 8.63. The van der Waals surface area contributed by atoms with E-state index in [2.05, 4.69) is 285 Å². The van der Waals surface area contributed by atoms with Gasteiger partial charge in [-0.25, -0.2) is 0 Å². The molecule has 14 rings (SSSR count). The summed E-state index contributed by atoms with van der Waals surface area (Å²) in [4.78, 5) is 0. The Balaban J connectivity index is 0.000000131. The minimum absolute atomic E-state index is 0.805. The first-order valence-corrected chi connectivity index (χ1v) is 26.7. The molecule has 12 aromatic carbocycles. The van der Waals surface area contributed by atoms with Gasteiger partial charge in [0.15, 0.2) is 0 Å². The molecule has 3 N–H and O–H groups in total. The van der Waals surface area contributed by atoms with E-state index in [0.717, 1.165) is 21.5 Å². The second-order valence-electron chi connectivity index (χ2n) is 19.0. The van der Waals surface area contributed by atoms with Gasteiger partial charge in [0.2, 0.25) is 0 Å². The average Bonchev–Trinajstić information content (AvgIpc) is 4.05. The normalized spacial score (nSPS) is 11.0. The van der Waals surface area contributed by atoms with Crippen molar-refractivity contribution in [1.82, 2.24) is 9.13 Å². The van der Waals surface area contributed by atoms with Gasteiger partial charge in [0.25, 0.3) is 0 Å². The number of benzene rings is 12. The number of nitrogens with two attached hydrogens (primary N) is 1. The second-order valence-corrected chi connectivity index (χ2v) is 19.9. The Bertz CT molecular complexity index is 4250. The number of nitrogens with one attached hydrogen (secondary N) is 1. The highest BCUT2D eigenvalue weighted by molar-refractivity contribution is 9.10. The number of fused-ring (bicyclic) bond motifs is 6. The molecule has 0 saturated heterocycles. The molecule has 0 radical (unpaired) electrons. The maximum atomic E-state index is 5.60. The molecule has 14 aromatic rings. The van der Waals surface area contributed by atoms with Crippen LogP contribution >= 0.6 is 15.9 Å². The number of anilines is 3. The van der Waals surface area contributed by atoms with Crippen molar-refractivity contribution in [3.05, 3.63) is 308 Å². The third kappa shape index (κ3) is 10.4. The fourth-order valence-corrected chi connectivity index (χ4v) is 10.5. The van der Waals surface area contributed by atoms with E-state index in [0.29, 0.717) is 0 Å². The Morgan fingerprint density at radius 1 is 0.260 bits per heavy atom. The zero-order valence-electron chi connectivity index (χ0n) is 42.2. The van der Waals surface area contributed by atoms with Crippen molar-refractivity contribution in [2.24, 2.45) is 0 Å². The Kier molecular flexibility index (Phi) is 13.8. The van der Waals surface area contributed by atoms with E-state index in [1.165, 1.54) is 99.5 Å². The summed E-state index contributed by atoms with van der Waals surface area (Å²) < 4.78 is 5.80. The molecule has 368 valence electrons. The van der Waals surface area contributed by atoms with Crippen LogP contribution in [0, 0.1) is 0 Å². The summed E-state index contributed by atoms with van der Waals surface area (Å²) in [7, 11) is 0. The van der Waals surface area contributed by atoms with Gasteiger partial charge >= 0.3 is 0 Å². The van der Waals surface area contributed by atoms with Crippen LogP contribution in [-0.2, 0) is 0 Å². The van der Waals surface area contributed by atoms with E-state index >= 15 is 0 Å². The summed E-state index contributed by atoms with van der Waals surface area (Å²) in [6.07, 6.45) is 0. The fraction of sp³-hybridized carbons (Fsp3) is 0. The highest BCUT2D eigenvalue weighted by Gasteiger charge is 2.15. The lowest BCUT2D eigenvalue weighted by Crippen LogP contribution is -1.93. The van der Waals surface area contributed by atoms with Crippen LogP contribution in [0.2, 0.25) is 0 Å². The summed E-state index contributed by atoms with van der Waals surface area (Å²) >= 11 is 3.52. The molecule has 2 aromatic heterocycles. The first-order chi connectivity index (χ1) is 38.0. The molecule has 0 aliphatic carbocycles. The molecule has 0 amide bonds. The summed E-state index contributed by atoms with van der Waals surface area (Å²) in [6, 6.07) is 106. The van der Waals surface area contributed by atoms with Gasteiger partial charge in [-0.1, -0.05) is 210 Å². The Hall–Kier alpha value is -9.68. The van der Waals surface area contributed by atoms with Crippen LogP contribution in [0.15, 0.2) is 308 Å². The lowest BCUT2D eigenvalue weighted by Gasteiger charge is -2.10. The smallest absolute Gasteiger partial charge is 0.0541 e. The number of nitrogens with zero attached hydrogens (tertiary/aromatic N) is 2. The number of nitrogen functional groups attached to an aromatic ring is 1. The van der Waals surface area contributed by atoms with Gasteiger partial charge in [0.05, 0.1) is 22.1 Å². The third-order valence-corrected chi connectivity index (χ3v) is 14.6. The number of hydrogen-bond donors (Lipinski definition) is 2. The Morgan fingerprint density at radius 3 is 0.974 bits per heavy atom. The molecule has 0 bridgehead atoms. The van der Waals surface area contributed by atoms with Crippen LogP contribution in [0.4, 0.5) is 17.1 Å². The predicted molar refractivity (Wildman–Crippen MR) is 332 cm³/mol. The quantitative estimate of drug-likeness (QED) is 0.149. The summed E-state index contributed by atoms with van der Waals surface area (Å²) in [5.41, 5.74) is 25.6. The van der Waals surface area contributed by atoms with Crippen LogP contribution < -0.4 is 11.1 Å². The van der Waals surface area contributed by atoms with Crippen molar-refractivity contribution >= 4 is 76.6 Å². The standard InChI is InChI=1S/C36H26N2.C24H16BrN.C12H11N/c1-3-9-26(10-4-1)27-15-20-30(21-16-27)37-31-22-17-28(18-23-31)29-19-24-36-34(25-29)33-13-7-8-14-35(33)38(36)32-11-5-2-6-12-32;25-19-13-10-17(11-14-19)18-12-15-24-22(16-18)21-8-4-5-9-23(21)26(24)20-6-2-1-3-7-20;13-12-8-6-11(7-9-12)10-4-2-1-3-5-10/h1-25,37H;1-16H;1-9H,13H2. The predicted octanol–water partition coefficient (Wildman–Crippen LogP) is 20.0. The molecule has 0 spiro atoms. The van der Waals surface area contributed by atoms with E-state index in [4.69, 9.17) is 5.73 Å². The van der Waals surface area contributed by atoms with E-state index in [-0.39, 0.29) is 0 Å². The number of para-hydroxylation sites is 4. The van der Waals surface area contributed by atoms with Crippen molar-refractivity contribution in [3.63, 3.8) is 0 Å². The Morgan fingerprint density at radius 2 is 0.558 bits per heavy atom. The van der Waals surface area contributed by atoms with Gasteiger partial charge in [-0.05, 0) is 154 Å². The van der Waals surface area contributed by atoms with Crippen molar-refractivity contribution < 1.29 is 0 Å².